The lowest BCUT2D eigenvalue weighted by Crippen LogP contribution is -2.51. The van der Waals surface area contributed by atoms with Crippen molar-refractivity contribution >= 4 is 37.6 Å². The van der Waals surface area contributed by atoms with Crippen molar-refractivity contribution < 1.29 is 8.42 Å². The summed E-state index contributed by atoms with van der Waals surface area (Å²) in [6.07, 6.45) is 0. The molecule has 1 N–H and O–H groups in total. The first-order chi connectivity index (χ1) is 10.4. The van der Waals surface area contributed by atoms with Crippen LogP contribution in [0.5, 0.6) is 0 Å². The molecule has 120 valence electrons. The minimum absolute atomic E-state index is 0.455. The normalized spacial score (nSPS) is 17.3. The third-order valence-electron chi connectivity index (χ3n) is 3.85. The van der Waals surface area contributed by atoms with E-state index in [1.54, 1.807) is 11.3 Å². The average molecular weight is 341 g/mol. The molecule has 1 saturated heterocycles. The van der Waals surface area contributed by atoms with E-state index in [1.165, 1.54) is 16.9 Å². The summed E-state index contributed by atoms with van der Waals surface area (Å²) >= 11 is 1.62. The predicted octanol–water partition coefficient (Wildman–Crippen LogP) is 0.894. The molecule has 9 heteroatoms. The number of fused-ring (bicyclic) bond motifs is 1. The zero-order valence-corrected chi connectivity index (χ0v) is 14.5. The van der Waals surface area contributed by atoms with Gasteiger partial charge in [-0.05, 0) is 24.8 Å². The highest BCUT2D eigenvalue weighted by Gasteiger charge is 2.27. The van der Waals surface area contributed by atoms with Crippen molar-refractivity contribution in [3.05, 3.63) is 16.8 Å². The molecular weight excluding hydrogens is 322 g/mol. The molecule has 1 aliphatic rings. The first-order valence-corrected chi connectivity index (χ1v) is 9.40. The Morgan fingerprint density at radius 1 is 1.18 bits per heavy atom. The number of thiophene rings is 1. The van der Waals surface area contributed by atoms with Crippen LogP contribution in [0.15, 0.2) is 5.38 Å². The second-order valence-corrected chi connectivity index (χ2v) is 8.02. The summed E-state index contributed by atoms with van der Waals surface area (Å²) in [6, 6.07) is 0. The first-order valence-electron chi connectivity index (χ1n) is 7.08. The van der Waals surface area contributed by atoms with Crippen molar-refractivity contribution in [2.24, 2.45) is 0 Å². The molecule has 0 aromatic carbocycles. The van der Waals surface area contributed by atoms with Gasteiger partial charge in [0.1, 0.15) is 16.5 Å². The molecule has 22 heavy (non-hydrogen) atoms. The molecule has 0 radical (unpaired) electrons. The second kappa shape index (κ2) is 5.73. The van der Waals surface area contributed by atoms with E-state index in [-0.39, 0.29) is 0 Å². The molecule has 3 rings (SSSR count). The molecule has 1 fully saturated rings. The molecular formula is C13H19N5O2S2. The first kappa shape index (κ1) is 15.6. The number of nitrogens with zero attached hydrogens (tertiary/aromatic N) is 4. The van der Waals surface area contributed by atoms with Crippen LogP contribution >= 0.6 is 11.3 Å². The minimum Gasteiger partial charge on any atom is -0.353 e. The highest BCUT2D eigenvalue weighted by atomic mass is 32.2. The molecule has 3 heterocycles. The number of piperazine rings is 1. The van der Waals surface area contributed by atoms with Gasteiger partial charge in [-0.3, -0.25) is 0 Å². The Morgan fingerprint density at radius 3 is 2.50 bits per heavy atom. The maximum atomic E-state index is 11.8. The van der Waals surface area contributed by atoms with Crippen LogP contribution in [0.4, 0.5) is 5.82 Å². The quantitative estimate of drug-likeness (QED) is 0.897. The summed E-state index contributed by atoms with van der Waals surface area (Å²) in [7, 11) is -1.91. The van der Waals surface area contributed by atoms with Crippen molar-refractivity contribution in [3.63, 3.8) is 0 Å². The van der Waals surface area contributed by atoms with E-state index in [2.05, 4.69) is 31.9 Å². The smallest absolute Gasteiger partial charge is 0.279 e. The van der Waals surface area contributed by atoms with E-state index in [9.17, 15) is 8.42 Å². The Labute approximate surface area is 134 Å². The van der Waals surface area contributed by atoms with Crippen LogP contribution in [-0.2, 0) is 10.2 Å². The third kappa shape index (κ3) is 2.69. The van der Waals surface area contributed by atoms with E-state index in [0.717, 1.165) is 21.9 Å². The molecule has 7 nitrogen and oxygen atoms in total. The molecule has 2 aromatic heterocycles. The van der Waals surface area contributed by atoms with Crippen LogP contribution < -0.4 is 9.62 Å². The van der Waals surface area contributed by atoms with Crippen molar-refractivity contribution in [2.75, 3.05) is 38.1 Å². The molecule has 0 saturated carbocycles. The molecule has 0 atom stereocenters. The van der Waals surface area contributed by atoms with Gasteiger partial charge in [-0.1, -0.05) is 0 Å². The number of anilines is 1. The van der Waals surface area contributed by atoms with Crippen LogP contribution in [0, 0.1) is 13.8 Å². The van der Waals surface area contributed by atoms with Gasteiger partial charge in [-0.25, -0.2) is 14.7 Å². The van der Waals surface area contributed by atoms with Crippen LogP contribution in [0.25, 0.3) is 10.2 Å². The third-order valence-corrected chi connectivity index (χ3v) is 6.40. The van der Waals surface area contributed by atoms with Gasteiger partial charge in [-0.15, -0.1) is 11.3 Å². The van der Waals surface area contributed by atoms with Crippen LogP contribution in [0.1, 0.15) is 11.4 Å². The Kier molecular flexibility index (Phi) is 4.06. The number of rotatable bonds is 3. The number of aryl methyl sites for hydroxylation is 2. The lowest BCUT2D eigenvalue weighted by molar-refractivity contribution is 0.380. The topological polar surface area (TPSA) is 78.4 Å². The Hall–Kier alpha value is -1.29. The SMILES string of the molecule is CNS(=O)(=O)N1CCN(c2nc(C)nc3scc(C)c23)CC1. The van der Waals surface area contributed by atoms with E-state index < -0.39 is 10.2 Å². The molecule has 0 unspecified atom stereocenters. The number of aromatic nitrogens is 2. The summed E-state index contributed by atoms with van der Waals surface area (Å²) in [5.41, 5.74) is 1.17. The second-order valence-electron chi connectivity index (χ2n) is 5.29. The number of nitrogens with one attached hydrogen (secondary N) is 1. The maximum Gasteiger partial charge on any atom is 0.279 e. The lowest BCUT2D eigenvalue weighted by atomic mass is 10.2. The van der Waals surface area contributed by atoms with E-state index in [4.69, 9.17) is 0 Å². The minimum atomic E-state index is -3.35. The van der Waals surface area contributed by atoms with Gasteiger partial charge in [-0.2, -0.15) is 12.7 Å². The van der Waals surface area contributed by atoms with E-state index in [0.29, 0.717) is 26.2 Å². The molecule has 0 bridgehead atoms. The summed E-state index contributed by atoms with van der Waals surface area (Å²) in [6.45, 7) is 6.11. The lowest BCUT2D eigenvalue weighted by Gasteiger charge is -2.34. The Morgan fingerprint density at radius 2 is 1.86 bits per heavy atom. The summed E-state index contributed by atoms with van der Waals surface area (Å²) in [5, 5.41) is 3.17. The Balaban J connectivity index is 1.90. The summed E-state index contributed by atoms with van der Waals surface area (Å²) < 4.78 is 27.5. The van der Waals surface area contributed by atoms with Crippen molar-refractivity contribution in [2.45, 2.75) is 13.8 Å². The highest BCUT2D eigenvalue weighted by Crippen LogP contribution is 2.32. The molecule has 1 aliphatic heterocycles. The Bertz CT molecular complexity index is 794. The van der Waals surface area contributed by atoms with Crippen LogP contribution in [0.3, 0.4) is 0 Å². The van der Waals surface area contributed by atoms with E-state index in [1.807, 2.05) is 6.92 Å². The zero-order valence-electron chi connectivity index (χ0n) is 12.8. The van der Waals surface area contributed by atoms with Crippen LogP contribution in [-0.4, -0.2) is 55.9 Å². The van der Waals surface area contributed by atoms with Gasteiger partial charge in [0.2, 0.25) is 0 Å². The highest BCUT2D eigenvalue weighted by molar-refractivity contribution is 7.87. The van der Waals surface area contributed by atoms with Crippen molar-refractivity contribution in [1.29, 1.82) is 0 Å². The van der Waals surface area contributed by atoms with Crippen molar-refractivity contribution in [1.82, 2.24) is 19.0 Å². The van der Waals surface area contributed by atoms with Crippen LogP contribution in [0.2, 0.25) is 0 Å². The summed E-state index contributed by atoms with van der Waals surface area (Å²) in [4.78, 5) is 12.2. The van der Waals surface area contributed by atoms with E-state index >= 15 is 0 Å². The number of hydrogen-bond donors (Lipinski definition) is 1. The fourth-order valence-electron chi connectivity index (χ4n) is 2.66. The van der Waals surface area contributed by atoms with Gasteiger partial charge in [0.05, 0.1) is 5.39 Å². The summed E-state index contributed by atoms with van der Waals surface area (Å²) in [5.74, 6) is 1.66. The van der Waals surface area contributed by atoms with Gasteiger partial charge in [0.15, 0.2) is 0 Å². The number of hydrogen-bond acceptors (Lipinski definition) is 6. The predicted molar refractivity (Wildman–Crippen MR) is 88.7 cm³/mol. The standard InChI is InChI=1S/C13H19N5O2S2/c1-9-8-21-13-11(9)12(15-10(2)16-13)17-4-6-18(7-5-17)22(19,20)14-3/h8,14H,4-7H2,1-3H3. The largest absolute Gasteiger partial charge is 0.353 e. The monoisotopic (exact) mass is 341 g/mol. The fraction of sp³-hybridized carbons (Fsp3) is 0.538. The maximum absolute atomic E-state index is 11.8. The zero-order chi connectivity index (χ0) is 15.9. The van der Waals surface area contributed by atoms with Gasteiger partial charge in [0, 0.05) is 33.2 Å². The molecule has 0 amide bonds. The van der Waals surface area contributed by atoms with Gasteiger partial charge >= 0.3 is 0 Å². The molecule has 0 aliphatic carbocycles. The van der Waals surface area contributed by atoms with Gasteiger partial charge in [0.25, 0.3) is 10.2 Å². The average Bonchev–Trinajstić information content (AvgIpc) is 2.88. The van der Waals surface area contributed by atoms with Crippen molar-refractivity contribution in [3.8, 4) is 0 Å². The fourth-order valence-corrected chi connectivity index (χ4v) is 4.53. The van der Waals surface area contributed by atoms with Gasteiger partial charge < -0.3 is 4.90 Å². The molecule has 0 spiro atoms. The molecule has 2 aromatic rings.